The number of hydrogen-bond acceptors (Lipinski definition) is 4. The number of rotatable bonds is 4. The third-order valence-corrected chi connectivity index (χ3v) is 2.74. The normalized spacial score (nSPS) is 12.4. The van der Waals surface area contributed by atoms with Crippen LogP contribution in [0.1, 0.15) is 17.4 Å². The van der Waals surface area contributed by atoms with E-state index in [1.54, 1.807) is 19.5 Å². The molecule has 1 atom stereocenters. The number of nitrogens with one attached hydrogen (secondary N) is 1. The van der Waals surface area contributed by atoms with Crippen molar-refractivity contribution in [1.82, 2.24) is 20.1 Å². The Morgan fingerprint density at radius 3 is 2.76 bits per heavy atom. The summed E-state index contributed by atoms with van der Waals surface area (Å²) in [6, 6.07) is 5.70. The predicted molar refractivity (Wildman–Crippen MR) is 64.9 cm³/mol. The van der Waals surface area contributed by atoms with Gasteiger partial charge in [0.2, 0.25) is 0 Å². The maximum atomic E-state index is 5.33. The van der Waals surface area contributed by atoms with E-state index in [1.807, 2.05) is 37.0 Å². The maximum absolute atomic E-state index is 5.33. The van der Waals surface area contributed by atoms with Gasteiger partial charge >= 0.3 is 0 Å². The summed E-state index contributed by atoms with van der Waals surface area (Å²) in [6.07, 6.45) is 3.54. The first kappa shape index (κ1) is 11.6. The summed E-state index contributed by atoms with van der Waals surface area (Å²) >= 11 is 0. The van der Waals surface area contributed by atoms with E-state index in [9.17, 15) is 0 Å². The first-order valence-corrected chi connectivity index (χ1v) is 5.42. The number of nitrogens with zero attached hydrogens (tertiary/aromatic N) is 3. The predicted octanol–water partition coefficient (Wildman–Crippen LogP) is 1.13. The number of hydrogen-bond donors (Lipinski definition) is 1. The van der Waals surface area contributed by atoms with Crippen molar-refractivity contribution in [2.45, 2.75) is 6.04 Å². The minimum atomic E-state index is -0.0290. The molecule has 2 aromatic heterocycles. The molecule has 0 bridgehead atoms. The van der Waals surface area contributed by atoms with Crippen LogP contribution in [0.3, 0.4) is 0 Å². The van der Waals surface area contributed by atoms with Crippen LogP contribution in [-0.4, -0.2) is 28.9 Å². The van der Waals surface area contributed by atoms with Crippen LogP contribution in [0.2, 0.25) is 0 Å². The molecule has 5 heteroatoms. The fourth-order valence-corrected chi connectivity index (χ4v) is 1.88. The molecule has 0 radical (unpaired) electrons. The van der Waals surface area contributed by atoms with E-state index in [2.05, 4.69) is 15.4 Å². The summed E-state index contributed by atoms with van der Waals surface area (Å²) in [4.78, 5) is 4.39. The van der Waals surface area contributed by atoms with Gasteiger partial charge in [-0.1, -0.05) is 0 Å². The van der Waals surface area contributed by atoms with E-state index in [4.69, 9.17) is 4.74 Å². The zero-order chi connectivity index (χ0) is 12.3. The topological polar surface area (TPSA) is 52.0 Å². The van der Waals surface area contributed by atoms with E-state index in [0.717, 1.165) is 17.1 Å². The standard InChI is InChI=1S/C12H16N4O/c1-13-11(9-6-8-15-16(9)2)12-10(17-3)5-4-7-14-12/h4-8,11,13H,1-3H3. The van der Waals surface area contributed by atoms with Crippen LogP contribution in [-0.2, 0) is 7.05 Å². The van der Waals surface area contributed by atoms with Crippen LogP contribution >= 0.6 is 0 Å². The van der Waals surface area contributed by atoms with Crippen LogP contribution in [0.25, 0.3) is 0 Å². The Morgan fingerprint density at radius 1 is 1.35 bits per heavy atom. The van der Waals surface area contributed by atoms with Crippen molar-refractivity contribution < 1.29 is 4.74 Å². The molecule has 0 amide bonds. The first-order chi connectivity index (χ1) is 8.27. The van der Waals surface area contributed by atoms with Crippen LogP contribution in [0.4, 0.5) is 0 Å². The summed E-state index contributed by atoms with van der Waals surface area (Å²) in [6.45, 7) is 0. The van der Waals surface area contributed by atoms with Crippen molar-refractivity contribution in [3.05, 3.63) is 42.0 Å². The minimum absolute atomic E-state index is 0.0290. The summed E-state index contributed by atoms with van der Waals surface area (Å²) < 4.78 is 7.16. The van der Waals surface area contributed by atoms with Crippen molar-refractivity contribution in [2.75, 3.05) is 14.2 Å². The molecule has 17 heavy (non-hydrogen) atoms. The van der Waals surface area contributed by atoms with Crippen molar-refractivity contribution in [3.8, 4) is 5.75 Å². The highest BCUT2D eigenvalue weighted by atomic mass is 16.5. The molecular formula is C12H16N4O. The quantitative estimate of drug-likeness (QED) is 0.858. The Hall–Kier alpha value is -1.88. The molecule has 0 aliphatic carbocycles. The highest BCUT2D eigenvalue weighted by Crippen LogP contribution is 2.26. The molecule has 2 aromatic rings. The Kier molecular flexibility index (Phi) is 3.39. The van der Waals surface area contributed by atoms with E-state index < -0.39 is 0 Å². The van der Waals surface area contributed by atoms with E-state index in [0.29, 0.717) is 0 Å². The van der Waals surface area contributed by atoms with Crippen molar-refractivity contribution >= 4 is 0 Å². The second-order valence-electron chi connectivity index (χ2n) is 3.69. The van der Waals surface area contributed by atoms with Crippen LogP contribution in [0.5, 0.6) is 5.75 Å². The Labute approximate surface area is 100 Å². The smallest absolute Gasteiger partial charge is 0.142 e. The van der Waals surface area contributed by atoms with Crippen molar-refractivity contribution in [1.29, 1.82) is 0 Å². The van der Waals surface area contributed by atoms with Gasteiger partial charge in [0.25, 0.3) is 0 Å². The molecular weight excluding hydrogens is 216 g/mol. The van der Waals surface area contributed by atoms with Crippen LogP contribution in [0, 0.1) is 0 Å². The molecule has 90 valence electrons. The molecule has 2 rings (SSSR count). The average molecular weight is 232 g/mol. The van der Waals surface area contributed by atoms with Gasteiger partial charge in [-0.05, 0) is 25.2 Å². The van der Waals surface area contributed by atoms with Gasteiger partial charge in [-0.3, -0.25) is 9.67 Å². The van der Waals surface area contributed by atoms with Gasteiger partial charge in [-0.2, -0.15) is 5.10 Å². The number of aryl methyl sites for hydroxylation is 1. The first-order valence-electron chi connectivity index (χ1n) is 5.42. The second kappa shape index (κ2) is 4.97. The molecule has 1 unspecified atom stereocenters. The molecule has 0 spiro atoms. The third-order valence-electron chi connectivity index (χ3n) is 2.74. The maximum Gasteiger partial charge on any atom is 0.142 e. The van der Waals surface area contributed by atoms with Crippen LogP contribution in [0.15, 0.2) is 30.6 Å². The molecule has 5 nitrogen and oxygen atoms in total. The summed E-state index contributed by atoms with van der Waals surface area (Å²) in [7, 11) is 5.46. The van der Waals surface area contributed by atoms with Crippen molar-refractivity contribution in [3.63, 3.8) is 0 Å². The lowest BCUT2D eigenvalue weighted by Crippen LogP contribution is -2.22. The molecule has 0 aliphatic rings. The summed E-state index contributed by atoms with van der Waals surface area (Å²) in [5.41, 5.74) is 1.91. The molecule has 0 saturated heterocycles. The van der Waals surface area contributed by atoms with E-state index in [-0.39, 0.29) is 6.04 Å². The molecule has 0 saturated carbocycles. The lowest BCUT2D eigenvalue weighted by Gasteiger charge is -2.18. The zero-order valence-electron chi connectivity index (χ0n) is 10.2. The summed E-state index contributed by atoms with van der Waals surface area (Å²) in [5, 5.41) is 7.41. The highest BCUT2D eigenvalue weighted by Gasteiger charge is 2.20. The lowest BCUT2D eigenvalue weighted by molar-refractivity contribution is 0.400. The van der Waals surface area contributed by atoms with Crippen LogP contribution < -0.4 is 10.1 Å². The second-order valence-corrected chi connectivity index (χ2v) is 3.69. The number of pyridine rings is 1. The fraction of sp³-hybridized carbons (Fsp3) is 0.333. The summed E-state index contributed by atoms with van der Waals surface area (Å²) in [5.74, 6) is 0.771. The van der Waals surface area contributed by atoms with Gasteiger partial charge in [0.05, 0.1) is 18.8 Å². The molecule has 0 fully saturated rings. The number of methoxy groups -OCH3 is 1. The van der Waals surface area contributed by atoms with Crippen molar-refractivity contribution in [2.24, 2.45) is 7.05 Å². The zero-order valence-corrected chi connectivity index (χ0v) is 10.2. The Morgan fingerprint density at radius 2 is 2.18 bits per heavy atom. The molecule has 1 N–H and O–H groups in total. The average Bonchev–Trinajstić information content (AvgIpc) is 2.78. The van der Waals surface area contributed by atoms with E-state index >= 15 is 0 Å². The van der Waals surface area contributed by atoms with Gasteiger partial charge < -0.3 is 10.1 Å². The SMILES string of the molecule is CNC(c1ncccc1OC)c1ccnn1C. The van der Waals surface area contributed by atoms with Gasteiger partial charge in [0.1, 0.15) is 11.4 Å². The fourth-order valence-electron chi connectivity index (χ4n) is 1.88. The lowest BCUT2D eigenvalue weighted by atomic mass is 10.1. The largest absolute Gasteiger partial charge is 0.495 e. The Bertz CT molecular complexity index is 495. The number of aromatic nitrogens is 3. The molecule has 0 aromatic carbocycles. The van der Waals surface area contributed by atoms with Gasteiger partial charge in [-0.25, -0.2) is 0 Å². The van der Waals surface area contributed by atoms with Gasteiger partial charge in [-0.15, -0.1) is 0 Å². The van der Waals surface area contributed by atoms with E-state index in [1.165, 1.54) is 0 Å². The highest BCUT2D eigenvalue weighted by molar-refractivity contribution is 5.34. The third kappa shape index (κ3) is 2.14. The monoisotopic (exact) mass is 232 g/mol. The van der Waals surface area contributed by atoms with Gasteiger partial charge in [0.15, 0.2) is 0 Å². The molecule has 2 heterocycles. The Balaban J connectivity index is 2.46. The number of ether oxygens (including phenoxy) is 1. The minimum Gasteiger partial charge on any atom is -0.495 e. The molecule has 0 aliphatic heterocycles. The van der Waals surface area contributed by atoms with Gasteiger partial charge in [0, 0.05) is 19.4 Å².